The van der Waals surface area contributed by atoms with Crippen LogP contribution in [-0.4, -0.2) is 14.5 Å². The molecule has 2 heterocycles. The van der Waals surface area contributed by atoms with Crippen molar-refractivity contribution in [2.24, 2.45) is 0 Å². The SMILES string of the molecule is C/C=C(/c1cc(F)c2nc(C)n(C(CCC)CCC)c2c1)c1ccc(C2CCC2)nc1C.CC. The van der Waals surface area contributed by atoms with Crippen LogP contribution in [0.5, 0.6) is 0 Å². The van der Waals surface area contributed by atoms with Crippen LogP contribution >= 0.6 is 0 Å². The zero-order valence-electron chi connectivity index (χ0n) is 22.2. The van der Waals surface area contributed by atoms with Crippen molar-refractivity contribution in [1.29, 1.82) is 0 Å². The number of hydrogen-bond donors (Lipinski definition) is 0. The summed E-state index contributed by atoms with van der Waals surface area (Å²) in [6.45, 7) is 14.5. The number of nitrogens with zero attached hydrogens (tertiary/aromatic N) is 3. The lowest BCUT2D eigenvalue weighted by atomic mass is 9.82. The number of hydrogen-bond acceptors (Lipinski definition) is 2. The van der Waals surface area contributed by atoms with Crippen molar-refractivity contribution in [3.63, 3.8) is 0 Å². The Kier molecular flexibility index (Phi) is 9.04. The van der Waals surface area contributed by atoms with Crippen molar-refractivity contribution in [3.8, 4) is 0 Å². The second-order valence-electron chi connectivity index (χ2n) is 9.29. The summed E-state index contributed by atoms with van der Waals surface area (Å²) in [6.07, 6.45) is 10.2. The molecular weight excluding hydrogens is 421 g/mol. The Morgan fingerprint density at radius 2 is 1.76 bits per heavy atom. The van der Waals surface area contributed by atoms with Crippen LogP contribution in [0.15, 0.2) is 30.3 Å². The van der Waals surface area contributed by atoms with Crippen LogP contribution in [-0.2, 0) is 0 Å². The molecule has 3 aromatic rings. The number of halogens is 1. The Hall–Kier alpha value is -2.49. The summed E-state index contributed by atoms with van der Waals surface area (Å²) in [5.74, 6) is 1.26. The van der Waals surface area contributed by atoms with Gasteiger partial charge >= 0.3 is 0 Å². The molecule has 0 unspecified atom stereocenters. The first-order valence-electron chi connectivity index (χ1n) is 13.3. The molecule has 0 bridgehead atoms. The molecule has 0 aliphatic heterocycles. The number of benzene rings is 1. The first-order valence-corrected chi connectivity index (χ1v) is 13.3. The molecule has 0 N–H and O–H groups in total. The molecule has 0 spiro atoms. The van der Waals surface area contributed by atoms with E-state index in [4.69, 9.17) is 4.98 Å². The van der Waals surface area contributed by atoms with Gasteiger partial charge in [0.1, 0.15) is 11.3 Å². The van der Waals surface area contributed by atoms with Gasteiger partial charge in [-0.1, -0.05) is 59.1 Å². The van der Waals surface area contributed by atoms with Crippen LogP contribution in [0.25, 0.3) is 16.6 Å². The maximum Gasteiger partial charge on any atom is 0.151 e. The number of aromatic nitrogens is 3. The molecule has 1 aromatic carbocycles. The van der Waals surface area contributed by atoms with Gasteiger partial charge in [-0.05, 0) is 75.8 Å². The minimum atomic E-state index is -0.248. The highest BCUT2D eigenvalue weighted by molar-refractivity contribution is 5.87. The summed E-state index contributed by atoms with van der Waals surface area (Å²) >= 11 is 0. The van der Waals surface area contributed by atoms with Crippen LogP contribution in [0, 0.1) is 19.7 Å². The Labute approximate surface area is 205 Å². The van der Waals surface area contributed by atoms with Gasteiger partial charge in [0.05, 0.1) is 5.52 Å². The smallest absolute Gasteiger partial charge is 0.151 e. The van der Waals surface area contributed by atoms with Crippen LogP contribution in [0.4, 0.5) is 4.39 Å². The molecule has 1 fully saturated rings. The Bertz CT molecular complexity index is 1130. The van der Waals surface area contributed by atoms with Gasteiger partial charge in [-0.15, -0.1) is 0 Å². The van der Waals surface area contributed by atoms with E-state index in [0.717, 1.165) is 59.4 Å². The van der Waals surface area contributed by atoms with E-state index in [1.54, 1.807) is 6.07 Å². The number of pyridine rings is 1. The fourth-order valence-corrected chi connectivity index (χ4v) is 5.23. The molecule has 0 atom stereocenters. The molecular formula is C30H42FN3. The fraction of sp³-hybridized carbons (Fsp3) is 0.533. The van der Waals surface area contributed by atoms with E-state index in [1.165, 1.54) is 25.0 Å². The Morgan fingerprint density at radius 3 is 2.29 bits per heavy atom. The van der Waals surface area contributed by atoms with Gasteiger partial charge in [-0.2, -0.15) is 0 Å². The first-order chi connectivity index (χ1) is 16.5. The van der Waals surface area contributed by atoms with Crippen molar-refractivity contribution >= 4 is 16.6 Å². The van der Waals surface area contributed by atoms with E-state index >= 15 is 4.39 Å². The van der Waals surface area contributed by atoms with Crippen molar-refractivity contribution in [2.75, 3.05) is 0 Å². The number of imidazole rings is 1. The predicted molar refractivity (Wildman–Crippen MR) is 143 cm³/mol. The molecule has 1 aliphatic rings. The van der Waals surface area contributed by atoms with E-state index in [0.29, 0.717) is 17.5 Å². The number of fused-ring (bicyclic) bond motifs is 1. The summed E-state index contributed by atoms with van der Waals surface area (Å²) in [5.41, 5.74) is 6.61. The lowest BCUT2D eigenvalue weighted by molar-refractivity contribution is 0.410. The van der Waals surface area contributed by atoms with Crippen LogP contribution < -0.4 is 0 Å². The topological polar surface area (TPSA) is 30.7 Å². The van der Waals surface area contributed by atoms with E-state index in [1.807, 2.05) is 27.7 Å². The van der Waals surface area contributed by atoms with Gasteiger partial charge in [0.15, 0.2) is 5.82 Å². The molecule has 3 nitrogen and oxygen atoms in total. The summed E-state index contributed by atoms with van der Waals surface area (Å²) in [5, 5.41) is 0. The van der Waals surface area contributed by atoms with E-state index in [2.05, 4.69) is 54.6 Å². The molecule has 4 rings (SSSR count). The van der Waals surface area contributed by atoms with Crippen LogP contribution in [0.3, 0.4) is 0 Å². The van der Waals surface area contributed by atoms with Gasteiger partial charge in [0, 0.05) is 28.9 Å². The molecule has 2 aromatic heterocycles. The molecule has 184 valence electrons. The summed E-state index contributed by atoms with van der Waals surface area (Å²) < 4.78 is 17.6. The van der Waals surface area contributed by atoms with Crippen molar-refractivity contribution < 1.29 is 4.39 Å². The highest BCUT2D eigenvalue weighted by atomic mass is 19.1. The van der Waals surface area contributed by atoms with Gasteiger partial charge < -0.3 is 4.57 Å². The molecule has 1 saturated carbocycles. The average molecular weight is 464 g/mol. The maximum absolute atomic E-state index is 15.3. The first kappa shape index (κ1) is 26.1. The predicted octanol–water partition coefficient (Wildman–Crippen LogP) is 9.07. The lowest BCUT2D eigenvalue weighted by Gasteiger charge is -2.25. The molecule has 1 aliphatic carbocycles. The zero-order chi connectivity index (χ0) is 24.8. The third-order valence-corrected chi connectivity index (χ3v) is 7.05. The van der Waals surface area contributed by atoms with Crippen molar-refractivity contribution in [2.45, 2.75) is 105 Å². The normalized spacial score (nSPS) is 14.3. The van der Waals surface area contributed by atoms with Gasteiger partial charge in [0.2, 0.25) is 0 Å². The highest BCUT2D eigenvalue weighted by Gasteiger charge is 2.23. The Morgan fingerprint density at radius 1 is 1.09 bits per heavy atom. The third-order valence-electron chi connectivity index (χ3n) is 7.05. The van der Waals surface area contributed by atoms with Crippen LogP contribution in [0.2, 0.25) is 0 Å². The second-order valence-corrected chi connectivity index (χ2v) is 9.29. The zero-order valence-corrected chi connectivity index (χ0v) is 22.2. The van der Waals surface area contributed by atoms with E-state index in [9.17, 15) is 0 Å². The maximum atomic E-state index is 15.3. The van der Waals surface area contributed by atoms with E-state index < -0.39 is 0 Å². The largest absolute Gasteiger partial charge is 0.325 e. The number of allylic oxidation sites excluding steroid dienone is 1. The fourth-order valence-electron chi connectivity index (χ4n) is 5.23. The quantitative estimate of drug-likeness (QED) is 0.333. The van der Waals surface area contributed by atoms with Crippen LogP contribution in [0.1, 0.15) is 120 Å². The van der Waals surface area contributed by atoms with Crippen molar-refractivity contribution in [3.05, 3.63) is 64.5 Å². The number of rotatable bonds is 8. The monoisotopic (exact) mass is 463 g/mol. The van der Waals surface area contributed by atoms with Gasteiger partial charge in [0.25, 0.3) is 0 Å². The lowest BCUT2D eigenvalue weighted by Crippen LogP contribution is -2.12. The summed E-state index contributed by atoms with van der Waals surface area (Å²) in [6, 6.07) is 8.46. The third kappa shape index (κ3) is 5.11. The molecule has 0 radical (unpaired) electrons. The molecule has 4 heteroatoms. The van der Waals surface area contributed by atoms with E-state index in [-0.39, 0.29) is 5.82 Å². The van der Waals surface area contributed by atoms with Gasteiger partial charge in [-0.3, -0.25) is 4.98 Å². The molecule has 0 saturated heterocycles. The van der Waals surface area contributed by atoms with Gasteiger partial charge in [-0.25, -0.2) is 9.37 Å². The minimum Gasteiger partial charge on any atom is -0.325 e. The Balaban J connectivity index is 0.00000158. The minimum absolute atomic E-state index is 0.248. The highest BCUT2D eigenvalue weighted by Crippen LogP contribution is 2.37. The second kappa shape index (κ2) is 11.8. The average Bonchev–Trinajstić information content (AvgIpc) is 3.12. The number of aryl methyl sites for hydroxylation is 2. The van der Waals surface area contributed by atoms with Crippen molar-refractivity contribution in [1.82, 2.24) is 14.5 Å². The summed E-state index contributed by atoms with van der Waals surface area (Å²) in [7, 11) is 0. The molecule has 0 amide bonds. The standard InChI is InChI=1S/C28H36FN3.C2H6/c1-6-10-22(11-7-2)32-19(5)31-28-25(29)16-21(17-27(28)32)23(8-3)24-14-15-26(30-18(24)4)20-12-9-13-20;1-2/h8,14-17,20,22H,6-7,9-13H2,1-5H3;1-2H3/b23-8-;. The molecule has 34 heavy (non-hydrogen) atoms. The summed E-state index contributed by atoms with van der Waals surface area (Å²) in [4.78, 5) is 9.54.